The second kappa shape index (κ2) is 24.0. The van der Waals surface area contributed by atoms with E-state index in [2.05, 4.69) is 19.0 Å². The largest absolute Gasteiger partial charge is 0.462 e. The number of unbranched alkanes of at least 4 members (excludes halogenated alkanes) is 13. The molecule has 5 heteroatoms. The third kappa shape index (κ3) is 23.8. The summed E-state index contributed by atoms with van der Waals surface area (Å²) in [5, 5.41) is 17.7. The predicted octanol–water partition coefficient (Wildman–Crippen LogP) is 5.86. The van der Waals surface area contributed by atoms with E-state index in [1.54, 1.807) is 0 Å². The minimum Gasteiger partial charge on any atom is -0.462 e. The van der Waals surface area contributed by atoms with E-state index in [1.165, 1.54) is 51.4 Å². The maximum atomic E-state index is 12.3. The smallest absolute Gasteiger partial charge is 0.306 e. The predicted molar refractivity (Wildman–Crippen MR) is 130 cm³/mol. The first-order chi connectivity index (χ1) is 15.1. The normalized spacial score (nSPS) is 11.5. The molecule has 0 radical (unpaired) electrons. The summed E-state index contributed by atoms with van der Waals surface area (Å²) in [7, 11) is 4.13. The number of carbonyl (C=O) groups is 1. The van der Waals surface area contributed by atoms with Crippen LogP contribution in [-0.2, 0) is 9.53 Å². The van der Waals surface area contributed by atoms with Gasteiger partial charge in [0.15, 0.2) is 0 Å². The Morgan fingerprint density at radius 3 is 1.48 bits per heavy atom. The molecule has 186 valence electrons. The summed E-state index contributed by atoms with van der Waals surface area (Å²) in [5.74, 6) is -0.0169. The zero-order chi connectivity index (χ0) is 23.0. The van der Waals surface area contributed by atoms with Gasteiger partial charge in [0.2, 0.25) is 0 Å². The van der Waals surface area contributed by atoms with E-state index < -0.39 is 0 Å². The van der Waals surface area contributed by atoms with Crippen LogP contribution in [0.5, 0.6) is 0 Å². The highest BCUT2D eigenvalue weighted by Gasteiger charge is 2.14. The second-order valence-electron chi connectivity index (χ2n) is 9.35. The van der Waals surface area contributed by atoms with Crippen molar-refractivity contribution in [2.75, 3.05) is 33.9 Å². The number of aliphatic hydroxyl groups excluding tert-OH is 2. The molecule has 0 bridgehead atoms. The van der Waals surface area contributed by atoms with Gasteiger partial charge < -0.3 is 19.8 Å². The molecular formula is C26H53NO4. The third-order valence-electron chi connectivity index (χ3n) is 5.90. The number of carbonyl (C=O) groups excluding carboxylic acids is 1. The van der Waals surface area contributed by atoms with Crippen molar-refractivity contribution >= 4 is 5.97 Å². The fraction of sp³-hybridized carbons (Fsp3) is 0.962. The van der Waals surface area contributed by atoms with Crippen LogP contribution in [0.3, 0.4) is 0 Å². The van der Waals surface area contributed by atoms with Crippen molar-refractivity contribution in [2.24, 2.45) is 0 Å². The van der Waals surface area contributed by atoms with Crippen LogP contribution in [0.25, 0.3) is 0 Å². The Labute approximate surface area is 192 Å². The van der Waals surface area contributed by atoms with Crippen molar-refractivity contribution in [3.05, 3.63) is 0 Å². The van der Waals surface area contributed by atoms with Gasteiger partial charge in [-0.3, -0.25) is 4.79 Å². The van der Waals surface area contributed by atoms with Gasteiger partial charge in [0.1, 0.15) is 6.10 Å². The van der Waals surface area contributed by atoms with Gasteiger partial charge in [-0.15, -0.1) is 0 Å². The lowest BCUT2D eigenvalue weighted by Crippen LogP contribution is -2.19. The second-order valence-corrected chi connectivity index (χ2v) is 9.35. The van der Waals surface area contributed by atoms with Crippen molar-refractivity contribution < 1.29 is 19.7 Å². The minimum atomic E-state index is -0.0169. The average Bonchev–Trinajstić information content (AvgIpc) is 2.74. The van der Waals surface area contributed by atoms with Crippen molar-refractivity contribution in [1.29, 1.82) is 0 Å². The van der Waals surface area contributed by atoms with E-state index in [-0.39, 0.29) is 12.1 Å². The van der Waals surface area contributed by atoms with Gasteiger partial charge in [-0.1, -0.05) is 64.2 Å². The molecule has 0 atom stereocenters. The van der Waals surface area contributed by atoms with Gasteiger partial charge in [0, 0.05) is 19.6 Å². The topological polar surface area (TPSA) is 70.0 Å². The quantitative estimate of drug-likeness (QED) is 0.144. The number of hydrogen-bond acceptors (Lipinski definition) is 5. The zero-order valence-corrected chi connectivity index (χ0v) is 20.8. The van der Waals surface area contributed by atoms with Crippen molar-refractivity contribution in [1.82, 2.24) is 4.90 Å². The number of esters is 1. The molecule has 5 nitrogen and oxygen atoms in total. The SMILES string of the molecule is CN(C)CCCCC(=O)OC(CCCCCCCCCO)CCCCCCCCCO. The molecule has 0 fully saturated rings. The van der Waals surface area contributed by atoms with Gasteiger partial charge in [-0.25, -0.2) is 0 Å². The van der Waals surface area contributed by atoms with Gasteiger partial charge in [0.05, 0.1) is 0 Å². The summed E-state index contributed by atoms with van der Waals surface area (Å²) in [6.45, 7) is 1.64. The molecule has 0 aliphatic rings. The molecule has 0 aliphatic carbocycles. The molecule has 0 saturated carbocycles. The number of aliphatic hydroxyl groups is 2. The standard InChI is InChI=1S/C26H53NO4/c1-27(2)22-16-15-21-26(30)31-25(19-13-9-5-3-7-11-17-23-28)20-14-10-6-4-8-12-18-24-29/h25,28-29H,3-24H2,1-2H3. The molecule has 2 N–H and O–H groups in total. The highest BCUT2D eigenvalue weighted by molar-refractivity contribution is 5.69. The Bertz CT molecular complexity index is 356. The molecule has 0 saturated heterocycles. The maximum Gasteiger partial charge on any atom is 0.306 e. The molecule has 0 aliphatic heterocycles. The van der Waals surface area contributed by atoms with Crippen LogP contribution in [0.4, 0.5) is 0 Å². The Kier molecular flexibility index (Phi) is 23.5. The lowest BCUT2D eigenvalue weighted by atomic mass is 10.0. The van der Waals surface area contributed by atoms with Crippen LogP contribution in [-0.4, -0.2) is 61.0 Å². The maximum absolute atomic E-state index is 12.3. The van der Waals surface area contributed by atoms with Crippen LogP contribution in [0.1, 0.15) is 122 Å². The Morgan fingerprint density at radius 2 is 1.06 bits per heavy atom. The number of hydrogen-bond donors (Lipinski definition) is 2. The summed E-state index contributed by atoms with van der Waals surface area (Å²) >= 11 is 0. The molecule has 0 rings (SSSR count). The van der Waals surface area contributed by atoms with E-state index in [4.69, 9.17) is 14.9 Å². The van der Waals surface area contributed by atoms with Gasteiger partial charge >= 0.3 is 5.97 Å². The Morgan fingerprint density at radius 1 is 0.645 bits per heavy atom. The van der Waals surface area contributed by atoms with Crippen molar-refractivity contribution in [3.63, 3.8) is 0 Å². The first-order valence-corrected chi connectivity index (χ1v) is 13.2. The molecule has 0 spiro atoms. The van der Waals surface area contributed by atoms with E-state index in [9.17, 15) is 4.79 Å². The molecule has 0 amide bonds. The lowest BCUT2D eigenvalue weighted by molar-refractivity contribution is -0.150. The van der Waals surface area contributed by atoms with E-state index in [0.29, 0.717) is 19.6 Å². The molecule has 0 aromatic heterocycles. The summed E-state index contributed by atoms with van der Waals surface area (Å²) in [6.07, 6.45) is 20.8. The fourth-order valence-electron chi connectivity index (χ4n) is 3.94. The van der Waals surface area contributed by atoms with E-state index in [0.717, 1.165) is 70.8 Å². The Balaban J connectivity index is 4.04. The van der Waals surface area contributed by atoms with E-state index in [1.807, 2.05) is 0 Å². The summed E-state index contributed by atoms with van der Waals surface area (Å²) in [5.41, 5.74) is 0. The van der Waals surface area contributed by atoms with Crippen molar-refractivity contribution in [3.8, 4) is 0 Å². The molecular weight excluding hydrogens is 390 g/mol. The highest BCUT2D eigenvalue weighted by Crippen LogP contribution is 2.18. The minimum absolute atomic E-state index is 0.0169. The molecule has 0 aromatic carbocycles. The zero-order valence-electron chi connectivity index (χ0n) is 20.8. The van der Waals surface area contributed by atoms with Crippen LogP contribution >= 0.6 is 0 Å². The summed E-state index contributed by atoms with van der Waals surface area (Å²) < 4.78 is 5.87. The van der Waals surface area contributed by atoms with Crippen LogP contribution in [0.2, 0.25) is 0 Å². The lowest BCUT2D eigenvalue weighted by Gasteiger charge is -2.18. The van der Waals surface area contributed by atoms with Crippen LogP contribution in [0.15, 0.2) is 0 Å². The number of nitrogens with zero attached hydrogens (tertiary/aromatic N) is 1. The van der Waals surface area contributed by atoms with Gasteiger partial charge in [0.25, 0.3) is 0 Å². The average molecular weight is 444 g/mol. The molecule has 0 aromatic rings. The summed E-state index contributed by atoms with van der Waals surface area (Å²) in [4.78, 5) is 14.4. The molecule has 0 unspecified atom stereocenters. The van der Waals surface area contributed by atoms with Crippen LogP contribution < -0.4 is 0 Å². The van der Waals surface area contributed by atoms with Gasteiger partial charge in [-0.05, 0) is 72.0 Å². The molecule has 31 heavy (non-hydrogen) atoms. The van der Waals surface area contributed by atoms with Crippen LogP contribution in [0, 0.1) is 0 Å². The first kappa shape index (κ1) is 30.4. The monoisotopic (exact) mass is 443 g/mol. The number of rotatable bonds is 24. The fourth-order valence-corrected chi connectivity index (χ4v) is 3.94. The highest BCUT2D eigenvalue weighted by atomic mass is 16.5. The number of ether oxygens (including phenoxy) is 1. The van der Waals surface area contributed by atoms with Gasteiger partial charge in [-0.2, -0.15) is 0 Å². The van der Waals surface area contributed by atoms with E-state index >= 15 is 0 Å². The molecule has 0 heterocycles. The summed E-state index contributed by atoms with van der Waals surface area (Å²) in [6, 6.07) is 0. The Hall–Kier alpha value is -0.650. The third-order valence-corrected chi connectivity index (χ3v) is 5.90. The first-order valence-electron chi connectivity index (χ1n) is 13.2. The van der Waals surface area contributed by atoms with Crippen molar-refractivity contribution in [2.45, 2.75) is 128 Å².